The van der Waals surface area contributed by atoms with E-state index in [4.69, 9.17) is 0 Å². The van der Waals surface area contributed by atoms with Crippen LogP contribution in [0.25, 0.3) is 0 Å². The smallest absolute Gasteiger partial charge is 0.324 e. The van der Waals surface area contributed by atoms with E-state index in [1.165, 1.54) is 6.42 Å². The summed E-state index contributed by atoms with van der Waals surface area (Å²) in [5, 5.41) is 9.56. The van der Waals surface area contributed by atoms with Gasteiger partial charge in [0, 0.05) is 0 Å². The van der Waals surface area contributed by atoms with Crippen LogP contribution >= 0.6 is 0 Å². The van der Waals surface area contributed by atoms with E-state index >= 15 is 0 Å². The van der Waals surface area contributed by atoms with E-state index in [0.29, 0.717) is 12.8 Å². The van der Waals surface area contributed by atoms with Crippen LogP contribution in [0.2, 0.25) is 0 Å². The van der Waals surface area contributed by atoms with Gasteiger partial charge in [-0.15, -0.1) is 0 Å². The summed E-state index contributed by atoms with van der Waals surface area (Å²) in [6.07, 6.45) is 9.59. The molecule has 6 heteroatoms. The fourth-order valence-electron chi connectivity index (χ4n) is 3.70. The Morgan fingerprint density at radius 3 is 2.05 bits per heavy atom. The Hall–Kier alpha value is -0.620. The quantitative estimate of drug-likeness (QED) is 0.764. The number of carbonyl (C=O) groups is 1. The summed E-state index contributed by atoms with van der Waals surface area (Å²) in [6.45, 7) is 0. The molecule has 2 saturated carbocycles. The first-order valence-electron chi connectivity index (χ1n) is 8.19. The number of carboxylic acids is 1. The zero-order valence-corrected chi connectivity index (χ0v) is 13.5. The second-order valence-electron chi connectivity index (χ2n) is 6.69. The first-order chi connectivity index (χ1) is 9.94. The third kappa shape index (κ3) is 4.68. The molecule has 0 aliphatic heterocycles. The Morgan fingerprint density at radius 2 is 1.52 bits per heavy atom. The van der Waals surface area contributed by atoms with Gasteiger partial charge in [-0.3, -0.25) is 4.79 Å². The molecular weight excluding hydrogens is 290 g/mol. The van der Waals surface area contributed by atoms with Gasteiger partial charge in [-0.1, -0.05) is 44.9 Å². The molecule has 2 fully saturated rings. The molecule has 0 aromatic rings. The van der Waals surface area contributed by atoms with Crippen LogP contribution in [0.3, 0.4) is 0 Å². The molecule has 0 unspecified atom stereocenters. The lowest BCUT2D eigenvalue weighted by Gasteiger charge is -2.30. The first-order valence-corrected chi connectivity index (χ1v) is 9.84. The number of nitrogens with one attached hydrogen (secondary N) is 1. The third-order valence-corrected chi connectivity index (χ3v) is 6.51. The lowest BCUT2D eigenvalue weighted by molar-refractivity contribution is -0.144. The van der Waals surface area contributed by atoms with Crippen LogP contribution in [0.1, 0.15) is 70.6 Å². The van der Waals surface area contributed by atoms with Crippen molar-refractivity contribution in [2.24, 2.45) is 5.92 Å². The fourth-order valence-corrected chi connectivity index (χ4v) is 5.62. The standard InChI is InChI=1S/C15H27NO4S/c17-14(18)15(10-6-1-2-7-11-15)16-21(19,20)12-13-8-4-3-5-9-13/h13,16H,1-12H2,(H,17,18). The molecule has 0 bridgehead atoms. The number of carboxylic acid groups (broad SMARTS) is 1. The lowest BCUT2D eigenvalue weighted by atomic mass is 9.91. The molecule has 2 N–H and O–H groups in total. The maximum atomic E-state index is 12.4. The minimum Gasteiger partial charge on any atom is -0.480 e. The zero-order valence-electron chi connectivity index (χ0n) is 12.6. The van der Waals surface area contributed by atoms with E-state index < -0.39 is 21.5 Å². The van der Waals surface area contributed by atoms with Crippen LogP contribution in [0.4, 0.5) is 0 Å². The summed E-state index contributed by atoms with van der Waals surface area (Å²) in [5.41, 5.74) is -1.27. The minimum absolute atomic E-state index is 0.0853. The summed E-state index contributed by atoms with van der Waals surface area (Å²) in [6, 6.07) is 0. The number of aliphatic carboxylic acids is 1. The Kier molecular flexibility index (Phi) is 5.66. The van der Waals surface area contributed by atoms with Gasteiger partial charge in [0.2, 0.25) is 10.0 Å². The minimum atomic E-state index is -3.53. The number of sulfonamides is 1. The van der Waals surface area contributed by atoms with Crippen molar-refractivity contribution in [3.05, 3.63) is 0 Å². The Bertz CT molecular complexity index is 446. The molecule has 0 aromatic carbocycles. The molecule has 122 valence electrons. The summed E-state index contributed by atoms with van der Waals surface area (Å²) in [5.74, 6) is -0.744. The maximum Gasteiger partial charge on any atom is 0.324 e. The molecule has 0 aromatic heterocycles. The molecule has 2 aliphatic rings. The van der Waals surface area contributed by atoms with Crippen LogP contribution in [0.5, 0.6) is 0 Å². The van der Waals surface area contributed by atoms with Crippen molar-refractivity contribution in [1.29, 1.82) is 0 Å². The Morgan fingerprint density at radius 1 is 1.00 bits per heavy atom. The maximum absolute atomic E-state index is 12.4. The highest BCUT2D eigenvalue weighted by Gasteiger charge is 2.42. The highest BCUT2D eigenvalue weighted by atomic mass is 32.2. The molecule has 0 radical (unpaired) electrons. The van der Waals surface area contributed by atoms with Crippen LogP contribution in [0.15, 0.2) is 0 Å². The van der Waals surface area contributed by atoms with Crippen LogP contribution < -0.4 is 4.72 Å². The number of rotatable bonds is 5. The van der Waals surface area contributed by atoms with E-state index in [1.54, 1.807) is 0 Å². The predicted molar refractivity (Wildman–Crippen MR) is 81.6 cm³/mol. The average Bonchev–Trinajstić information content (AvgIpc) is 2.65. The molecule has 0 saturated heterocycles. The van der Waals surface area contributed by atoms with Gasteiger partial charge in [0.15, 0.2) is 0 Å². The number of hydrogen-bond acceptors (Lipinski definition) is 3. The van der Waals surface area contributed by atoms with Gasteiger partial charge in [0.1, 0.15) is 5.54 Å². The highest BCUT2D eigenvalue weighted by molar-refractivity contribution is 7.89. The lowest BCUT2D eigenvalue weighted by Crippen LogP contribution is -2.55. The topological polar surface area (TPSA) is 83.5 Å². The van der Waals surface area contributed by atoms with Gasteiger partial charge in [0.05, 0.1) is 5.75 Å². The van der Waals surface area contributed by atoms with Crippen LogP contribution in [-0.4, -0.2) is 30.8 Å². The van der Waals surface area contributed by atoms with Gasteiger partial charge in [0.25, 0.3) is 0 Å². The normalized spacial score (nSPS) is 24.4. The number of hydrogen-bond donors (Lipinski definition) is 2. The molecule has 2 rings (SSSR count). The molecule has 2 aliphatic carbocycles. The van der Waals surface area contributed by atoms with E-state index in [2.05, 4.69) is 4.72 Å². The summed E-state index contributed by atoms with van der Waals surface area (Å²) in [4.78, 5) is 11.7. The molecule has 0 amide bonds. The van der Waals surface area contributed by atoms with Crippen molar-refractivity contribution in [3.63, 3.8) is 0 Å². The fraction of sp³-hybridized carbons (Fsp3) is 0.933. The van der Waals surface area contributed by atoms with Crippen molar-refractivity contribution in [1.82, 2.24) is 4.72 Å². The van der Waals surface area contributed by atoms with Crippen LogP contribution in [0, 0.1) is 5.92 Å². The third-order valence-electron chi connectivity index (χ3n) is 4.90. The Labute approximate surface area is 127 Å². The largest absolute Gasteiger partial charge is 0.480 e. The van der Waals surface area contributed by atoms with Crippen molar-refractivity contribution < 1.29 is 18.3 Å². The summed E-state index contributed by atoms with van der Waals surface area (Å²) in [7, 11) is -3.53. The molecule has 0 atom stereocenters. The zero-order chi connectivity index (χ0) is 15.3. The van der Waals surface area contributed by atoms with Crippen molar-refractivity contribution in [2.75, 3.05) is 5.75 Å². The highest BCUT2D eigenvalue weighted by Crippen LogP contribution is 2.30. The van der Waals surface area contributed by atoms with Gasteiger partial charge >= 0.3 is 5.97 Å². The van der Waals surface area contributed by atoms with Crippen molar-refractivity contribution >= 4 is 16.0 Å². The summed E-state index contributed by atoms with van der Waals surface area (Å²) >= 11 is 0. The van der Waals surface area contributed by atoms with Gasteiger partial charge in [-0.05, 0) is 31.6 Å². The second-order valence-corrected chi connectivity index (χ2v) is 8.46. The van der Waals surface area contributed by atoms with Crippen molar-refractivity contribution in [2.45, 2.75) is 76.2 Å². The van der Waals surface area contributed by atoms with E-state index in [-0.39, 0.29) is 11.7 Å². The van der Waals surface area contributed by atoms with Gasteiger partial charge in [-0.25, -0.2) is 8.42 Å². The molecule has 0 heterocycles. The Balaban J connectivity index is 2.05. The molecule has 21 heavy (non-hydrogen) atoms. The molecule has 0 spiro atoms. The molecular formula is C15H27NO4S. The second kappa shape index (κ2) is 7.09. The van der Waals surface area contributed by atoms with Gasteiger partial charge in [-0.2, -0.15) is 4.72 Å². The summed E-state index contributed by atoms with van der Waals surface area (Å²) < 4.78 is 27.4. The monoisotopic (exact) mass is 317 g/mol. The van der Waals surface area contributed by atoms with E-state index in [0.717, 1.165) is 51.4 Å². The molecule has 5 nitrogen and oxygen atoms in total. The predicted octanol–water partition coefficient (Wildman–Crippen LogP) is 2.66. The van der Waals surface area contributed by atoms with E-state index in [9.17, 15) is 18.3 Å². The van der Waals surface area contributed by atoms with Crippen molar-refractivity contribution in [3.8, 4) is 0 Å². The van der Waals surface area contributed by atoms with Crippen LogP contribution in [-0.2, 0) is 14.8 Å². The van der Waals surface area contributed by atoms with E-state index in [1.807, 2.05) is 0 Å². The first kappa shape index (κ1) is 16.7. The SMILES string of the molecule is O=C(O)C1(NS(=O)(=O)CC2CCCCC2)CCCCCC1. The van der Waals surface area contributed by atoms with Gasteiger partial charge < -0.3 is 5.11 Å². The average molecular weight is 317 g/mol.